The summed E-state index contributed by atoms with van der Waals surface area (Å²) in [7, 11) is 0. The minimum absolute atomic E-state index is 0.0594. The van der Waals surface area contributed by atoms with Crippen LogP contribution in [0.1, 0.15) is 41.6 Å². The second-order valence-electron chi connectivity index (χ2n) is 8.05. The van der Waals surface area contributed by atoms with E-state index in [2.05, 4.69) is 5.32 Å². The Balaban J connectivity index is 0.000000572. The Hall–Kier alpha value is -4.17. The first kappa shape index (κ1) is 28.1. The van der Waals surface area contributed by atoms with Crippen molar-refractivity contribution in [2.75, 3.05) is 19.6 Å². The molecule has 36 heavy (non-hydrogen) atoms. The number of amides is 4. The predicted molar refractivity (Wildman–Crippen MR) is 116 cm³/mol. The van der Waals surface area contributed by atoms with Crippen molar-refractivity contribution in [3.63, 3.8) is 0 Å². The number of nitrogens with zero attached hydrogens (tertiary/aromatic N) is 2. The number of piperidine rings is 1. The summed E-state index contributed by atoms with van der Waals surface area (Å²) in [6, 6.07) is 5.92. The van der Waals surface area contributed by atoms with Crippen molar-refractivity contribution in [2.45, 2.75) is 37.4 Å². The molecule has 3 rings (SSSR count). The average molecular weight is 515 g/mol. The summed E-state index contributed by atoms with van der Waals surface area (Å²) in [5.74, 6) is -4.36. The number of halogens is 3. The lowest BCUT2D eigenvalue weighted by atomic mass is 9.87. The zero-order chi connectivity index (χ0) is 27.3. The Morgan fingerprint density at radius 3 is 2.00 bits per heavy atom. The van der Waals surface area contributed by atoms with Crippen molar-refractivity contribution in [1.82, 2.24) is 15.1 Å². The van der Waals surface area contributed by atoms with Crippen LogP contribution in [0.15, 0.2) is 24.3 Å². The van der Waals surface area contributed by atoms with Gasteiger partial charge in [-0.05, 0) is 31.4 Å². The van der Waals surface area contributed by atoms with Gasteiger partial charge >= 0.3 is 24.1 Å². The lowest BCUT2D eigenvalue weighted by Crippen LogP contribution is -2.55. The number of urea groups is 1. The van der Waals surface area contributed by atoms with E-state index in [0.717, 1.165) is 4.90 Å². The average Bonchev–Trinajstić information content (AvgIpc) is 3.02. The van der Waals surface area contributed by atoms with Crippen LogP contribution in [0.5, 0.6) is 0 Å². The molecule has 1 aromatic rings. The molecule has 0 radical (unpaired) electrons. The van der Waals surface area contributed by atoms with Gasteiger partial charge in [-0.25, -0.2) is 9.59 Å². The van der Waals surface area contributed by atoms with Crippen molar-refractivity contribution < 1.29 is 47.4 Å². The molecular weight excluding hydrogens is 491 g/mol. The molecule has 0 saturated carbocycles. The fraction of sp³-hybridized carbons (Fsp3) is 0.429. The molecule has 2 saturated heterocycles. The van der Waals surface area contributed by atoms with Crippen molar-refractivity contribution in [2.24, 2.45) is 5.73 Å². The number of carbonyl (C=O) groups is 5. The van der Waals surface area contributed by atoms with E-state index in [1.165, 1.54) is 0 Å². The summed E-state index contributed by atoms with van der Waals surface area (Å²) in [6.07, 6.45) is -4.41. The summed E-state index contributed by atoms with van der Waals surface area (Å²) in [4.78, 5) is 59.9. The topological polar surface area (TPSA) is 194 Å². The summed E-state index contributed by atoms with van der Waals surface area (Å²) >= 11 is 0. The van der Waals surface area contributed by atoms with E-state index in [4.69, 9.17) is 26.2 Å². The van der Waals surface area contributed by atoms with Crippen LogP contribution in [0, 0.1) is 5.41 Å². The van der Waals surface area contributed by atoms with Crippen molar-refractivity contribution >= 4 is 35.6 Å². The number of amidine groups is 1. The summed E-state index contributed by atoms with van der Waals surface area (Å²) in [5.41, 5.74) is 5.38. The lowest BCUT2D eigenvalue weighted by Gasteiger charge is -2.37. The number of nitrogen functional groups attached to an aromatic ring is 1. The number of carbonyl (C=O) groups excluding carboxylic acids is 3. The summed E-state index contributed by atoms with van der Waals surface area (Å²) in [5, 5.41) is 26.0. The maximum Gasteiger partial charge on any atom is 0.490 e. The molecule has 2 fully saturated rings. The number of aliphatic carboxylic acids is 2. The minimum atomic E-state index is -5.08. The summed E-state index contributed by atoms with van der Waals surface area (Å²) < 4.78 is 31.7. The van der Waals surface area contributed by atoms with E-state index in [0.29, 0.717) is 37.1 Å². The zero-order valence-corrected chi connectivity index (χ0v) is 18.8. The monoisotopic (exact) mass is 515 g/mol. The predicted octanol–water partition coefficient (Wildman–Crippen LogP) is 0.995. The van der Waals surface area contributed by atoms with Gasteiger partial charge in [-0.3, -0.25) is 24.7 Å². The van der Waals surface area contributed by atoms with Gasteiger partial charge in [0.15, 0.2) is 0 Å². The molecule has 4 amide bonds. The van der Waals surface area contributed by atoms with Crippen LogP contribution in [0.3, 0.4) is 0 Å². The molecular formula is C21H24F3N5O7. The van der Waals surface area contributed by atoms with Crippen LogP contribution in [0.4, 0.5) is 18.0 Å². The van der Waals surface area contributed by atoms with Gasteiger partial charge in [-0.15, -0.1) is 0 Å². The van der Waals surface area contributed by atoms with Crippen LogP contribution in [0.2, 0.25) is 0 Å². The molecule has 6 N–H and O–H groups in total. The number of benzene rings is 1. The summed E-state index contributed by atoms with van der Waals surface area (Å²) in [6.45, 7) is 0.675. The molecule has 0 aliphatic carbocycles. The number of alkyl halides is 3. The normalized spacial score (nSPS) is 16.8. The van der Waals surface area contributed by atoms with Crippen molar-refractivity contribution in [1.29, 1.82) is 5.41 Å². The molecule has 2 aliphatic rings. The Labute approximate surface area is 202 Å². The highest BCUT2D eigenvalue weighted by Crippen LogP contribution is 2.30. The van der Waals surface area contributed by atoms with Gasteiger partial charge in [0.2, 0.25) is 0 Å². The van der Waals surface area contributed by atoms with Crippen LogP contribution in [-0.2, 0) is 14.4 Å². The number of rotatable bonds is 6. The number of nitrogens with two attached hydrogens (primary N) is 1. The maximum atomic E-state index is 12.8. The van der Waals surface area contributed by atoms with Gasteiger partial charge in [0.25, 0.3) is 11.8 Å². The molecule has 2 heterocycles. The number of nitrogens with one attached hydrogen (secondary N) is 2. The smallest absolute Gasteiger partial charge is 0.481 e. The Bertz CT molecular complexity index is 1050. The molecule has 1 spiro atoms. The molecule has 0 bridgehead atoms. The van der Waals surface area contributed by atoms with E-state index in [1.807, 2.05) is 0 Å². The first-order valence-electron chi connectivity index (χ1n) is 10.6. The van der Waals surface area contributed by atoms with E-state index in [9.17, 15) is 32.3 Å². The van der Waals surface area contributed by atoms with Gasteiger partial charge in [0.1, 0.15) is 11.4 Å². The third-order valence-corrected chi connectivity index (χ3v) is 5.61. The molecule has 2 aliphatic heterocycles. The number of carboxylic acids is 2. The van der Waals surface area contributed by atoms with Gasteiger partial charge < -0.3 is 26.2 Å². The molecule has 0 unspecified atom stereocenters. The van der Waals surface area contributed by atoms with Crippen LogP contribution in [0.25, 0.3) is 0 Å². The second kappa shape index (κ2) is 11.0. The zero-order valence-electron chi connectivity index (χ0n) is 18.8. The first-order valence-corrected chi connectivity index (χ1v) is 10.6. The minimum Gasteiger partial charge on any atom is -0.481 e. The Kier molecular flexibility index (Phi) is 8.61. The van der Waals surface area contributed by atoms with Crippen LogP contribution < -0.4 is 11.1 Å². The molecule has 0 aromatic heterocycles. The highest BCUT2D eigenvalue weighted by atomic mass is 19.4. The number of hydrogen-bond donors (Lipinski definition) is 5. The van der Waals surface area contributed by atoms with E-state index >= 15 is 0 Å². The number of imide groups is 1. The van der Waals surface area contributed by atoms with Crippen molar-refractivity contribution in [3.8, 4) is 0 Å². The fourth-order valence-corrected chi connectivity index (χ4v) is 3.67. The Morgan fingerprint density at radius 2 is 1.56 bits per heavy atom. The number of hydrogen-bond acceptors (Lipinski definition) is 6. The number of likely N-dealkylation sites (tertiary alicyclic amines) is 1. The third kappa shape index (κ3) is 6.70. The standard InChI is InChI=1S/C19H23N5O5.C2HF3O2/c20-15(21)12-3-5-13(6-4-12)16(27)23-10-7-19(8-11-23)17(28)24(18(29)22-19)9-1-2-14(25)26;3-2(4,5)1(6)7/h3-6H,1-2,7-11H2,(H3,20,21)(H,22,29)(H,25,26);(H,6,7). The van der Waals surface area contributed by atoms with Gasteiger partial charge in [-0.2, -0.15) is 13.2 Å². The van der Waals surface area contributed by atoms with Gasteiger partial charge in [0.05, 0.1) is 0 Å². The molecule has 1 aromatic carbocycles. The SMILES string of the molecule is N=C(N)c1ccc(C(=O)N2CCC3(CC2)NC(=O)N(CCCC(=O)O)C3=O)cc1.O=C(O)C(F)(F)F. The maximum absolute atomic E-state index is 12.8. The lowest BCUT2D eigenvalue weighted by molar-refractivity contribution is -0.192. The van der Waals surface area contributed by atoms with Crippen LogP contribution in [-0.4, -0.2) is 87.0 Å². The van der Waals surface area contributed by atoms with E-state index in [-0.39, 0.29) is 37.0 Å². The molecule has 15 heteroatoms. The van der Waals surface area contributed by atoms with Gasteiger partial charge in [0, 0.05) is 37.2 Å². The molecule has 0 atom stereocenters. The number of carboxylic acid groups (broad SMARTS) is 2. The Morgan fingerprint density at radius 1 is 1.06 bits per heavy atom. The van der Waals surface area contributed by atoms with Gasteiger partial charge in [-0.1, -0.05) is 12.1 Å². The van der Waals surface area contributed by atoms with E-state index < -0.39 is 29.7 Å². The highest BCUT2D eigenvalue weighted by molar-refractivity contribution is 6.07. The third-order valence-electron chi connectivity index (χ3n) is 5.61. The first-order chi connectivity index (χ1) is 16.7. The largest absolute Gasteiger partial charge is 0.490 e. The highest BCUT2D eigenvalue weighted by Gasteiger charge is 2.52. The molecule has 196 valence electrons. The molecule has 12 nitrogen and oxygen atoms in total. The van der Waals surface area contributed by atoms with Crippen molar-refractivity contribution in [3.05, 3.63) is 35.4 Å². The second-order valence-corrected chi connectivity index (χ2v) is 8.05. The van der Waals surface area contributed by atoms with E-state index in [1.54, 1.807) is 29.2 Å². The quantitative estimate of drug-likeness (QED) is 0.210. The van der Waals surface area contributed by atoms with Crippen LogP contribution >= 0.6 is 0 Å². The fourth-order valence-electron chi connectivity index (χ4n) is 3.67.